The standard InChI is InChI=1S/C11H21NO5S/c1-9(2)8-18(14,15)12-4-5-17-10(7-12)6-11(13)16-3/h9-10H,4-8H2,1-3H3. The van der Waals surface area contributed by atoms with Gasteiger partial charge >= 0.3 is 5.97 Å². The molecular weight excluding hydrogens is 258 g/mol. The number of carbonyl (C=O) groups is 1. The number of nitrogens with zero attached hydrogens (tertiary/aromatic N) is 1. The van der Waals surface area contributed by atoms with Gasteiger partial charge < -0.3 is 9.47 Å². The Morgan fingerprint density at radius 2 is 2.17 bits per heavy atom. The summed E-state index contributed by atoms with van der Waals surface area (Å²) in [4.78, 5) is 11.1. The Bertz CT molecular complexity index is 379. The van der Waals surface area contributed by atoms with Crippen LogP contribution in [-0.2, 0) is 24.3 Å². The van der Waals surface area contributed by atoms with Crippen molar-refractivity contribution in [3.8, 4) is 0 Å². The maximum absolute atomic E-state index is 12.1. The van der Waals surface area contributed by atoms with Gasteiger partial charge in [-0.25, -0.2) is 8.42 Å². The average molecular weight is 279 g/mol. The fraction of sp³-hybridized carbons (Fsp3) is 0.909. The van der Waals surface area contributed by atoms with Crippen LogP contribution in [0, 0.1) is 5.92 Å². The molecule has 7 heteroatoms. The molecule has 1 heterocycles. The van der Waals surface area contributed by atoms with Crippen LogP contribution < -0.4 is 0 Å². The summed E-state index contributed by atoms with van der Waals surface area (Å²) < 4.78 is 35.4. The zero-order valence-electron chi connectivity index (χ0n) is 11.1. The average Bonchev–Trinajstić information content (AvgIpc) is 2.27. The smallest absolute Gasteiger partial charge is 0.308 e. The zero-order valence-corrected chi connectivity index (χ0v) is 11.9. The second-order valence-electron chi connectivity index (χ2n) is 4.80. The molecule has 1 rings (SSSR count). The molecule has 1 fully saturated rings. The van der Waals surface area contributed by atoms with Gasteiger partial charge in [0.15, 0.2) is 0 Å². The van der Waals surface area contributed by atoms with E-state index < -0.39 is 16.1 Å². The van der Waals surface area contributed by atoms with Crippen LogP contribution in [0.1, 0.15) is 20.3 Å². The molecule has 106 valence electrons. The quantitative estimate of drug-likeness (QED) is 0.674. The first-order valence-electron chi connectivity index (χ1n) is 6.01. The van der Waals surface area contributed by atoms with Crippen molar-refractivity contribution in [2.45, 2.75) is 26.4 Å². The van der Waals surface area contributed by atoms with Crippen molar-refractivity contribution >= 4 is 16.0 Å². The molecule has 0 N–H and O–H groups in total. The van der Waals surface area contributed by atoms with E-state index in [0.29, 0.717) is 13.2 Å². The molecule has 1 saturated heterocycles. The summed E-state index contributed by atoms with van der Waals surface area (Å²) in [6.45, 7) is 4.63. The number of hydrogen-bond donors (Lipinski definition) is 0. The number of morpholine rings is 1. The van der Waals surface area contributed by atoms with Gasteiger partial charge in [-0.1, -0.05) is 13.8 Å². The van der Waals surface area contributed by atoms with Crippen LogP contribution in [-0.4, -0.2) is 57.4 Å². The minimum atomic E-state index is -3.26. The summed E-state index contributed by atoms with van der Waals surface area (Å²) in [7, 11) is -1.95. The SMILES string of the molecule is COC(=O)CC1CN(S(=O)(=O)CC(C)C)CCO1. The molecule has 0 aromatic heterocycles. The van der Waals surface area contributed by atoms with Crippen LogP contribution in [0.5, 0.6) is 0 Å². The highest BCUT2D eigenvalue weighted by Crippen LogP contribution is 2.15. The summed E-state index contributed by atoms with van der Waals surface area (Å²) in [6, 6.07) is 0. The molecule has 0 aromatic carbocycles. The summed E-state index contributed by atoms with van der Waals surface area (Å²) in [5.41, 5.74) is 0. The summed E-state index contributed by atoms with van der Waals surface area (Å²) in [6.07, 6.45) is -0.322. The lowest BCUT2D eigenvalue weighted by Gasteiger charge is -2.32. The number of rotatable bonds is 5. The molecule has 18 heavy (non-hydrogen) atoms. The number of ether oxygens (including phenoxy) is 2. The van der Waals surface area contributed by atoms with Gasteiger partial charge in [-0.3, -0.25) is 4.79 Å². The predicted molar refractivity (Wildman–Crippen MR) is 66.6 cm³/mol. The summed E-state index contributed by atoms with van der Waals surface area (Å²) >= 11 is 0. The van der Waals surface area contributed by atoms with Gasteiger partial charge in [0.1, 0.15) is 0 Å². The second kappa shape index (κ2) is 6.49. The van der Waals surface area contributed by atoms with Crippen LogP contribution in [0.3, 0.4) is 0 Å². The van der Waals surface area contributed by atoms with E-state index in [2.05, 4.69) is 4.74 Å². The van der Waals surface area contributed by atoms with Gasteiger partial charge in [-0.05, 0) is 5.92 Å². The van der Waals surface area contributed by atoms with E-state index in [1.807, 2.05) is 13.8 Å². The van der Waals surface area contributed by atoms with E-state index in [1.165, 1.54) is 11.4 Å². The van der Waals surface area contributed by atoms with Gasteiger partial charge in [-0.2, -0.15) is 4.31 Å². The molecular formula is C11H21NO5S. The molecule has 1 aliphatic rings. The number of carbonyl (C=O) groups excluding carboxylic acids is 1. The Morgan fingerprint density at radius 3 is 2.72 bits per heavy atom. The molecule has 0 amide bonds. The fourth-order valence-electron chi connectivity index (χ4n) is 1.86. The number of hydrogen-bond acceptors (Lipinski definition) is 5. The lowest BCUT2D eigenvalue weighted by atomic mass is 10.2. The maximum Gasteiger partial charge on any atom is 0.308 e. The third-order valence-corrected chi connectivity index (χ3v) is 4.87. The molecule has 1 atom stereocenters. The Hall–Kier alpha value is -0.660. The molecule has 1 aliphatic heterocycles. The highest BCUT2D eigenvalue weighted by molar-refractivity contribution is 7.89. The van der Waals surface area contributed by atoms with Gasteiger partial charge in [0.25, 0.3) is 0 Å². The number of esters is 1. The predicted octanol–water partition coefficient (Wildman–Crippen LogP) is 0.236. The Balaban J connectivity index is 2.60. The van der Waals surface area contributed by atoms with E-state index in [-0.39, 0.29) is 30.6 Å². The van der Waals surface area contributed by atoms with E-state index in [9.17, 15) is 13.2 Å². The van der Waals surface area contributed by atoms with E-state index in [4.69, 9.17) is 4.74 Å². The van der Waals surface area contributed by atoms with Gasteiger partial charge in [0, 0.05) is 13.1 Å². The molecule has 0 spiro atoms. The zero-order chi connectivity index (χ0) is 13.8. The second-order valence-corrected chi connectivity index (χ2v) is 6.82. The van der Waals surface area contributed by atoms with Crippen molar-refractivity contribution in [2.75, 3.05) is 32.6 Å². The van der Waals surface area contributed by atoms with E-state index in [0.717, 1.165) is 0 Å². The van der Waals surface area contributed by atoms with Crippen LogP contribution >= 0.6 is 0 Å². The van der Waals surface area contributed by atoms with Crippen molar-refractivity contribution in [1.82, 2.24) is 4.31 Å². The van der Waals surface area contributed by atoms with E-state index in [1.54, 1.807) is 0 Å². The first kappa shape index (κ1) is 15.4. The molecule has 1 unspecified atom stereocenters. The maximum atomic E-state index is 12.1. The highest BCUT2D eigenvalue weighted by Gasteiger charge is 2.31. The number of methoxy groups -OCH3 is 1. The molecule has 6 nitrogen and oxygen atoms in total. The summed E-state index contributed by atoms with van der Waals surface area (Å²) in [5.74, 6) is -0.183. The molecule has 0 bridgehead atoms. The fourth-order valence-corrected chi connectivity index (χ4v) is 3.66. The number of sulfonamides is 1. The molecule has 0 aromatic rings. The molecule has 0 saturated carbocycles. The topological polar surface area (TPSA) is 72.9 Å². The largest absolute Gasteiger partial charge is 0.469 e. The van der Waals surface area contributed by atoms with Crippen molar-refractivity contribution in [2.24, 2.45) is 5.92 Å². The van der Waals surface area contributed by atoms with Crippen LogP contribution in [0.2, 0.25) is 0 Å². The summed E-state index contributed by atoms with van der Waals surface area (Å²) in [5, 5.41) is 0. The molecule has 0 aliphatic carbocycles. The van der Waals surface area contributed by atoms with Crippen molar-refractivity contribution in [1.29, 1.82) is 0 Å². The molecule has 0 radical (unpaired) electrons. The van der Waals surface area contributed by atoms with Crippen molar-refractivity contribution < 1.29 is 22.7 Å². The lowest BCUT2D eigenvalue weighted by molar-refractivity contribution is -0.145. The van der Waals surface area contributed by atoms with Gasteiger partial charge in [0.2, 0.25) is 10.0 Å². The third kappa shape index (κ3) is 4.55. The van der Waals surface area contributed by atoms with Crippen LogP contribution in [0.4, 0.5) is 0 Å². The van der Waals surface area contributed by atoms with E-state index >= 15 is 0 Å². The minimum absolute atomic E-state index is 0.0805. The van der Waals surface area contributed by atoms with Gasteiger partial charge in [-0.15, -0.1) is 0 Å². The normalized spacial score (nSPS) is 22.1. The highest BCUT2D eigenvalue weighted by atomic mass is 32.2. The van der Waals surface area contributed by atoms with Crippen molar-refractivity contribution in [3.05, 3.63) is 0 Å². The Morgan fingerprint density at radius 1 is 1.50 bits per heavy atom. The lowest BCUT2D eigenvalue weighted by Crippen LogP contribution is -2.47. The van der Waals surface area contributed by atoms with Crippen LogP contribution in [0.15, 0.2) is 0 Å². The van der Waals surface area contributed by atoms with Crippen molar-refractivity contribution in [3.63, 3.8) is 0 Å². The van der Waals surface area contributed by atoms with Crippen LogP contribution in [0.25, 0.3) is 0 Å². The first-order valence-corrected chi connectivity index (χ1v) is 7.62. The first-order chi connectivity index (χ1) is 8.35. The third-order valence-electron chi connectivity index (χ3n) is 2.66. The van der Waals surface area contributed by atoms with Gasteiger partial charge in [0.05, 0.1) is 32.0 Å². The Kier molecular flexibility index (Phi) is 5.55. The minimum Gasteiger partial charge on any atom is -0.469 e. The monoisotopic (exact) mass is 279 g/mol. The Labute approximate surface area is 108 Å².